The highest BCUT2D eigenvalue weighted by Crippen LogP contribution is 2.42. The van der Waals surface area contributed by atoms with E-state index in [0.717, 1.165) is 92.4 Å². The Morgan fingerprint density at radius 2 is 0.500 bits per heavy atom. The molecule has 0 radical (unpaired) electrons. The Morgan fingerprint density at radius 1 is 0.354 bits per heavy atom. The SMILES string of the molecule is CC[C@@H](C)c1cc2c(O)c(c1)Cc1cc([C@@H](C)CC)cc(c1O)Cc1cc([C@@H](C)CC)cc(c1O)Cc1cc([C@@H](C)CC)cc(c1O)C2. The predicted molar refractivity (Wildman–Crippen MR) is 198 cm³/mol. The van der Waals surface area contributed by atoms with Crippen molar-refractivity contribution in [1.82, 2.24) is 0 Å². The molecule has 8 bridgehead atoms. The molecule has 0 saturated heterocycles. The normalized spacial score (nSPS) is 15.5. The fourth-order valence-corrected chi connectivity index (χ4v) is 7.13. The summed E-state index contributed by atoms with van der Waals surface area (Å²) in [4.78, 5) is 0. The van der Waals surface area contributed by atoms with Crippen LogP contribution in [0.3, 0.4) is 0 Å². The summed E-state index contributed by atoms with van der Waals surface area (Å²) in [6, 6.07) is 16.8. The smallest absolute Gasteiger partial charge is 0.122 e. The second-order valence-corrected chi connectivity index (χ2v) is 14.7. The van der Waals surface area contributed by atoms with E-state index in [9.17, 15) is 20.4 Å². The quantitative estimate of drug-likeness (QED) is 0.135. The summed E-state index contributed by atoms with van der Waals surface area (Å²) in [6.07, 6.45) is 5.34. The van der Waals surface area contributed by atoms with Gasteiger partial charge in [0.05, 0.1) is 0 Å². The standard InChI is InChI=1S/C44H56O4/c1-9-25(5)29-13-33-21-35-15-30(26(6)10-2)17-37(42(35)46)23-39-19-32(28(8)12-4)20-40(44(39)48)24-38-18-31(27(7)11-3)16-36(43(38)47)22-34(14-29)41(33)45/h13-20,25-28,45-48H,9-12,21-24H2,1-8H3/t25-,26-,27-,28+/m0/s1. The van der Waals surface area contributed by atoms with E-state index in [4.69, 9.17) is 0 Å². The zero-order valence-corrected chi connectivity index (χ0v) is 30.4. The van der Waals surface area contributed by atoms with Crippen LogP contribution in [0.1, 0.15) is 172 Å². The minimum absolute atomic E-state index is 0.222. The predicted octanol–water partition coefficient (Wildman–Crippen LogP) is 11.2. The Hall–Kier alpha value is -3.92. The molecule has 4 atom stereocenters. The van der Waals surface area contributed by atoms with Gasteiger partial charge in [0.15, 0.2) is 0 Å². The molecule has 0 spiro atoms. The number of phenols is 4. The summed E-state index contributed by atoms with van der Waals surface area (Å²) >= 11 is 0. The van der Waals surface area contributed by atoms with Crippen LogP contribution in [0, 0.1) is 0 Å². The molecule has 4 aromatic carbocycles. The molecule has 0 fully saturated rings. The van der Waals surface area contributed by atoms with Crippen LogP contribution < -0.4 is 0 Å². The molecule has 0 heterocycles. The van der Waals surface area contributed by atoms with Gasteiger partial charge in [0, 0.05) is 25.7 Å². The van der Waals surface area contributed by atoms with Gasteiger partial charge in [0.25, 0.3) is 0 Å². The third-order valence-electron chi connectivity index (χ3n) is 11.4. The molecular weight excluding hydrogens is 592 g/mol. The maximum Gasteiger partial charge on any atom is 0.122 e. The van der Waals surface area contributed by atoms with E-state index in [0.29, 0.717) is 25.7 Å². The molecule has 4 heteroatoms. The number of fused-ring (bicyclic) bond motifs is 8. The molecule has 0 saturated carbocycles. The molecule has 0 amide bonds. The third-order valence-corrected chi connectivity index (χ3v) is 11.4. The van der Waals surface area contributed by atoms with Gasteiger partial charge in [-0.2, -0.15) is 0 Å². The summed E-state index contributed by atoms with van der Waals surface area (Å²) in [7, 11) is 0. The van der Waals surface area contributed by atoms with E-state index >= 15 is 0 Å². The van der Waals surface area contributed by atoms with E-state index in [1.54, 1.807) is 0 Å². The summed E-state index contributed by atoms with van der Waals surface area (Å²) in [6.45, 7) is 17.5. The summed E-state index contributed by atoms with van der Waals surface area (Å²) in [5, 5.41) is 47.5. The Morgan fingerprint density at radius 3 is 0.625 bits per heavy atom. The zero-order valence-electron chi connectivity index (χ0n) is 30.4. The van der Waals surface area contributed by atoms with Gasteiger partial charge in [-0.3, -0.25) is 0 Å². The first-order valence-corrected chi connectivity index (χ1v) is 18.3. The van der Waals surface area contributed by atoms with Gasteiger partial charge >= 0.3 is 0 Å². The van der Waals surface area contributed by atoms with Crippen LogP contribution in [-0.2, 0) is 25.7 Å². The molecule has 0 aliphatic heterocycles. The van der Waals surface area contributed by atoms with Gasteiger partial charge in [0.2, 0.25) is 0 Å². The zero-order chi connectivity index (χ0) is 34.9. The lowest BCUT2D eigenvalue weighted by Gasteiger charge is -2.22. The van der Waals surface area contributed by atoms with E-state index in [1.165, 1.54) is 0 Å². The van der Waals surface area contributed by atoms with Gasteiger partial charge in [-0.05, 0) is 116 Å². The highest BCUT2D eigenvalue weighted by atomic mass is 16.3. The number of hydrogen-bond donors (Lipinski definition) is 4. The summed E-state index contributed by atoms with van der Waals surface area (Å²) < 4.78 is 0. The van der Waals surface area contributed by atoms with Crippen molar-refractivity contribution in [3.8, 4) is 23.0 Å². The topological polar surface area (TPSA) is 80.9 Å². The van der Waals surface area contributed by atoms with Gasteiger partial charge in [0.1, 0.15) is 23.0 Å². The van der Waals surface area contributed by atoms with E-state index in [-0.39, 0.29) is 46.7 Å². The lowest BCUT2D eigenvalue weighted by molar-refractivity contribution is 0.449. The molecular formula is C44H56O4. The molecule has 256 valence electrons. The molecule has 4 N–H and O–H groups in total. The van der Waals surface area contributed by atoms with Gasteiger partial charge in [-0.1, -0.05) is 104 Å². The summed E-state index contributed by atoms with van der Waals surface area (Å²) in [5.74, 6) is 2.03. The Bertz CT molecular complexity index is 1430. The van der Waals surface area contributed by atoms with Crippen LogP contribution in [0.5, 0.6) is 23.0 Å². The van der Waals surface area contributed by atoms with Gasteiger partial charge < -0.3 is 20.4 Å². The van der Waals surface area contributed by atoms with Crippen LogP contribution in [-0.4, -0.2) is 20.4 Å². The van der Waals surface area contributed by atoms with Crippen molar-refractivity contribution in [3.63, 3.8) is 0 Å². The van der Waals surface area contributed by atoms with Crippen molar-refractivity contribution < 1.29 is 20.4 Å². The second kappa shape index (κ2) is 14.7. The lowest BCUT2D eigenvalue weighted by Crippen LogP contribution is -2.06. The minimum Gasteiger partial charge on any atom is -0.507 e. The molecule has 4 nitrogen and oxygen atoms in total. The van der Waals surface area contributed by atoms with E-state index in [1.807, 2.05) is 0 Å². The van der Waals surface area contributed by atoms with Crippen molar-refractivity contribution >= 4 is 0 Å². The molecule has 48 heavy (non-hydrogen) atoms. The number of rotatable bonds is 8. The van der Waals surface area contributed by atoms with Crippen LogP contribution >= 0.6 is 0 Å². The number of benzene rings is 4. The fourth-order valence-electron chi connectivity index (χ4n) is 7.13. The molecule has 5 rings (SSSR count). The lowest BCUT2D eigenvalue weighted by atomic mass is 9.84. The fraction of sp³-hybridized carbons (Fsp3) is 0.455. The average molecular weight is 649 g/mol. The molecule has 0 aromatic heterocycles. The van der Waals surface area contributed by atoms with Crippen molar-refractivity contribution in [1.29, 1.82) is 0 Å². The molecule has 0 unspecified atom stereocenters. The molecule has 1 aliphatic rings. The number of phenolic OH excluding ortho intramolecular Hbond substituents is 4. The highest BCUT2D eigenvalue weighted by molar-refractivity contribution is 5.58. The minimum atomic E-state index is 0.222. The maximum absolute atomic E-state index is 11.9. The first-order chi connectivity index (χ1) is 22.9. The van der Waals surface area contributed by atoms with Crippen LogP contribution in [0.4, 0.5) is 0 Å². The first kappa shape index (κ1) is 35.4. The average Bonchev–Trinajstić information content (AvgIpc) is 3.08. The Balaban J connectivity index is 1.84. The Labute approximate surface area is 288 Å². The van der Waals surface area contributed by atoms with Crippen molar-refractivity contribution in [3.05, 3.63) is 115 Å². The van der Waals surface area contributed by atoms with Crippen LogP contribution in [0.25, 0.3) is 0 Å². The van der Waals surface area contributed by atoms with Gasteiger partial charge in [-0.25, -0.2) is 0 Å². The monoisotopic (exact) mass is 648 g/mol. The van der Waals surface area contributed by atoms with Crippen molar-refractivity contribution in [2.75, 3.05) is 0 Å². The van der Waals surface area contributed by atoms with Crippen LogP contribution in [0.15, 0.2) is 48.5 Å². The summed E-state index contributed by atoms with van der Waals surface area (Å²) in [5.41, 5.74) is 10.8. The largest absolute Gasteiger partial charge is 0.507 e. The van der Waals surface area contributed by atoms with Gasteiger partial charge in [-0.15, -0.1) is 0 Å². The van der Waals surface area contributed by atoms with Crippen molar-refractivity contribution in [2.45, 2.75) is 130 Å². The highest BCUT2D eigenvalue weighted by Gasteiger charge is 2.24. The second-order valence-electron chi connectivity index (χ2n) is 14.7. The van der Waals surface area contributed by atoms with Crippen molar-refractivity contribution in [2.24, 2.45) is 0 Å². The molecule has 4 aromatic rings. The number of aromatic hydroxyl groups is 4. The maximum atomic E-state index is 11.9. The number of hydrogen-bond acceptors (Lipinski definition) is 4. The van der Waals surface area contributed by atoms with E-state index in [2.05, 4.69) is 104 Å². The Kier molecular flexibility index (Phi) is 10.8. The molecule has 1 aliphatic carbocycles. The van der Waals surface area contributed by atoms with E-state index < -0.39 is 0 Å². The van der Waals surface area contributed by atoms with Crippen LogP contribution in [0.2, 0.25) is 0 Å². The first-order valence-electron chi connectivity index (χ1n) is 18.3. The third kappa shape index (κ3) is 7.09.